The first kappa shape index (κ1) is 32.9. The third kappa shape index (κ3) is 6.42. The van der Waals surface area contributed by atoms with Gasteiger partial charge < -0.3 is 9.64 Å². The summed E-state index contributed by atoms with van der Waals surface area (Å²) in [6.07, 6.45) is 23.2. The highest BCUT2D eigenvalue weighted by atomic mass is 28.3. The summed E-state index contributed by atoms with van der Waals surface area (Å²) in [5.41, 5.74) is 7.28. The van der Waals surface area contributed by atoms with Crippen LogP contribution in [-0.4, -0.2) is 21.2 Å². The summed E-state index contributed by atoms with van der Waals surface area (Å²) < 4.78 is 6.77. The van der Waals surface area contributed by atoms with Crippen LogP contribution in [0.5, 0.6) is 0 Å². The zero-order valence-corrected chi connectivity index (χ0v) is 30.4. The van der Waals surface area contributed by atoms with E-state index in [2.05, 4.69) is 81.7 Å². The second-order valence-corrected chi connectivity index (χ2v) is 22.7. The fourth-order valence-electron chi connectivity index (χ4n) is 9.36. The molecule has 0 aromatic heterocycles. The maximum atomic E-state index is 9.84. The van der Waals surface area contributed by atoms with E-state index in [9.17, 15) is 10.5 Å². The fraction of sp³-hybridized carbons (Fsp3) is 0.610. The molecule has 1 atom stereocenters. The first-order valence-corrected chi connectivity index (χ1v) is 21.9. The summed E-state index contributed by atoms with van der Waals surface area (Å²) in [5.74, 6) is 2.33. The van der Waals surface area contributed by atoms with Gasteiger partial charge in [-0.2, -0.15) is 10.5 Å². The van der Waals surface area contributed by atoms with Crippen LogP contribution < -0.4 is 4.90 Å². The Balaban J connectivity index is 1.32. The Morgan fingerprint density at radius 2 is 1.67 bits per heavy atom. The number of hydrogen-bond acceptors (Lipinski definition) is 4. The van der Waals surface area contributed by atoms with Crippen LogP contribution >= 0.6 is 0 Å². The van der Waals surface area contributed by atoms with Crippen LogP contribution in [0.2, 0.25) is 25.7 Å². The topological polar surface area (TPSA) is 60.0 Å². The summed E-state index contributed by atoms with van der Waals surface area (Å²) in [6.45, 7) is 16.9. The number of anilines is 1. The SMILES string of the molecule is CCCCCC12CCC(C3=CC(=C(C#N)C#N)C=C(/C=C/c4cc5c6c(c4)C(C)(C)CCN6CCC5C[Si](C)(C)C)O3)(CC1)CC2. The van der Waals surface area contributed by atoms with Gasteiger partial charge in [0.2, 0.25) is 0 Å². The van der Waals surface area contributed by atoms with Crippen molar-refractivity contribution in [2.24, 2.45) is 10.8 Å². The zero-order valence-electron chi connectivity index (χ0n) is 29.4. The maximum absolute atomic E-state index is 9.84. The van der Waals surface area contributed by atoms with E-state index in [1.54, 1.807) is 5.56 Å². The van der Waals surface area contributed by atoms with Crippen molar-refractivity contribution in [2.75, 3.05) is 18.0 Å². The molecule has 1 aromatic rings. The van der Waals surface area contributed by atoms with Gasteiger partial charge >= 0.3 is 0 Å². The van der Waals surface area contributed by atoms with Crippen molar-refractivity contribution < 1.29 is 4.74 Å². The van der Waals surface area contributed by atoms with E-state index in [0.717, 1.165) is 37.3 Å². The molecule has 3 aliphatic heterocycles. The quantitative estimate of drug-likeness (QED) is 0.154. The Morgan fingerprint density at radius 1 is 0.957 bits per heavy atom. The number of ether oxygens (including phenoxy) is 1. The molecule has 0 saturated heterocycles. The van der Waals surface area contributed by atoms with Gasteiger partial charge in [0.25, 0.3) is 0 Å². The van der Waals surface area contributed by atoms with Gasteiger partial charge in [-0.05, 0) is 122 Å². The first-order valence-electron chi connectivity index (χ1n) is 18.2. The number of allylic oxidation sites excluding steroid dienone is 6. The number of rotatable bonds is 9. The number of hydrogen-bond donors (Lipinski definition) is 0. The van der Waals surface area contributed by atoms with Gasteiger partial charge in [0.15, 0.2) is 0 Å². The van der Waals surface area contributed by atoms with Crippen LogP contribution in [0.1, 0.15) is 120 Å². The van der Waals surface area contributed by atoms with Crippen molar-refractivity contribution in [2.45, 2.75) is 135 Å². The second kappa shape index (κ2) is 12.5. The van der Waals surface area contributed by atoms with Crippen molar-refractivity contribution in [1.82, 2.24) is 0 Å². The van der Waals surface area contributed by atoms with E-state index in [-0.39, 0.29) is 16.4 Å². The van der Waals surface area contributed by atoms with E-state index in [1.807, 2.05) is 12.2 Å². The van der Waals surface area contributed by atoms with E-state index in [4.69, 9.17) is 4.74 Å². The van der Waals surface area contributed by atoms with Crippen LogP contribution in [-0.2, 0) is 10.2 Å². The van der Waals surface area contributed by atoms with Gasteiger partial charge in [-0.1, -0.05) is 71.8 Å². The molecule has 3 aliphatic carbocycles. The molecule has 0 radical (unpaired) electrons. The molecule has 3 fully saturated rings. The lowest BCUT2D eigenvalue weighted by atomic mass is 9.52. The Morgan fingerprint density at radius 3 is 2.33 bits per heavy atom. The molecule has 3 heterocycles. The predicted octanol–water partition coefficient (Wildman–Crippen LogP) is 11.1. The lowest BCUT2D eigenvalue weighted by Gasteiger charge is -2.54. The molecule has 7 rings (SSSR count). The third-order valence-electron chi connectivity index (χ3n) is 12.3. The summed E-state index contributed by atoms with van der Waals surface area (Å²) in [4.78, 5) is 2.66. The number of unbranched alkanes of at least 4 members (excludes halogenated alkanes) is 2. The average molecular weight is 634 g/mol. The van der Waals surface area contributed by atoms with Crippen LogP contribution in [0.4, 0.5) is 5.69 Å². The summed E-state index contributed by atoms with van der Waals surface area (Å²) >= 11 is 0. The van der Waals surface area contributed by atoms with Crippen molar-refractivity contribution in [3.63, 3.8) is 0 Å². The molecular weight excluding hydrogens is 579 g/mol. The van der Waals surface area contributed by atoms with Crippen molar-refractivity contribution in [1.29, 1.82) is 10.5 Å². The summed E-state index contributed by atoms with van der Waals surface area (Å²) in [5, 5.41) is 19.7. The van der Waals surface area contributed by atoms with Gasteiger partial charge in [0.1, 0.15) is 29.2 Å². The fourth-order valence-corrected chi connectivity index (χ4v) is 11.3. The van der Waals surface area contributed by atoms with Crippen LogP contribution in [0, 0.1) is 33.5 Å². The Kier molecular flexibility index (Phi) is 8.97. The van der Waals surface area contributed by atoms with Crippen LogP contribution in [0.15, 0.2) is 53.0 Å². The molecule has 1 aromatic carbocycles. The Bertz CT molecular complexity index is 1530. The van der Waals surface area contributed by atoms with Gasteiger partial charge in [-0.15, -0.1) is 0 Å². The smallest absolute Gasteiger partial charge is 0.137 e. The number of benzene rings is 1. The molecular formula is C41H55N3OSi. The van der Waals surface area contributed by atoms with Crippen molar-refractivity contribution in [3.05, 3.63) is 69.7 Å². The number of nitriles is 2. The number of nitrogens with zero attached hydrogens (tertiary/aromatic N) is 3. The second-order valence-electron chi connectivity index (χ2n) is 17.2. The highest BCUT2D eigenvalue weighted by Gasteiger charge is 2.51. The monoisotopic (exact) mass is 633 g/mol. The van der Waals surface area contributed by atoms with Crippen molar-refractivity contribution in [3.8, 4) is 12.1 Å². The van der Waals surface area contributed by atoms with Gasteiger partial charge in [-0.25, -0.2) is 0 Å². The van der Waals surface area contributed by atoms with E-state index < -0.39 is 8.07 Å². The molecule has 46 heavy (non-hydrogen) atoms. The predicted molar refractivity (Wildman–Crippen MR) is 193 cm³/mol. The summed E-state index contributed by atoms with van der Waals surface area (Å²) in [7, 11) is -1.24. The molecule has 5 heteroatoms. The van der Waals surface area contributed by atoms with Gasteiger partial charge in [-0.3, -0.25) is 0 Å². The molecule has 0 N–H and O–H groups in total. The van der Waals surface area contributed by atoms with E-state index >= 15 is 0 Å². The zero-order chi connectivity index (χ0) is 32.7. The molecule has 3 saturated carbocycles. The summed E-state index contributed by atoms with van der Waals surface area (Å²) in [6, 6.07) is 10.5. The normalized spacial score (nSPS) is 28.1. The lowest BCUT2D eigenvalue weighted by Crippen LogP contribution is -2.43. The molecule has 1 unspecified atom stereocenters. The van der Waals surface area contributed by atoms with Gasteiger partial charge in [0, 0.05) is 37.8 Å². The van der Waals surface area contributed by atoms with Crippen molar-refractivity contribution >= 4 is 19.8 Å². The minimum Gasteiger partial charge on any atom is -0.461 e. The highest BCUT2D eigenvalue weighted by Crippen LogP contribution is 2.62. The van der Waals surface area contributed by atoms with Gasteiger partial charge in [0.05, 0.1) is 0 Å². The number of fused-ring (bicyclic) bond motifs is 3. The standard InChI is InChI=1S/C41H55N3OSi/c1-7-8-9-13-40-14-17-41(18-15-40,19-16-40)37-26-32(33(27-42)28-43)25-34(45-37)11-10-30-23-35-31(29-46(4,5)6)12-21-44-22-20-39(2,3)36(24-30)38(35)44/h10-11,23-26,31H,7-9,12-22,29H2,1-6H3/b11-10+. The molecule has 244 valence electrons. The molecule has 4 nitrogen and oxygen atoms in total. The molecule has 0 spiro atoms. The molecule has 0 amide bonds. The van der Waals surface area contributed by atoms with E-state index in [0.29, 0.717) is 16.9 Å². The third-order valence-corrected chi connectivity index (χ3v) is 14.0. The first-order chi connectivity index (χ1) is 21.9. The average Bonchev–Trinajstić information content (AvgIpc) is 3.03. The minimum absolute atomic E-state index is 0.00860. The van der Waals surface area contributed by atoms with Crippen LogP contribution in [0.3, 0.4) is 0 Å². The highest BCUT2D eigenvalue weighted by molar-refractivity contribution is 6.76. The molecule has 6 aliphatic rings. The lowest BCUT2D eigenvalue weighted by molar-refractivity contribution is -0.0195. The van der Waals surface area contributed by atoms with E-state index in [1.165, 1.54) is 87.2 Å². The Labute approximate surface area is 279 Å². The molecule has 2 bridgehead atoms. The Hall–Kier alpha value is -3.02. The largest absolute Gasteiger partial charge is 0.461 e. The maximum Gasteiger partial charge on any atom is 0.137 e. The van der Waals surface area contributed by atoms with Crippen LogP contribution in [0.25, 0.3) is 6.08 Å². The minimum atomic E-state index is -1.24.